The maximum atomic E-state index is 9.21. The summed E-state index contributed by atoms with van der Waals surface area (Å²) in [6, 6.07) is 7.66. The molecule has 1 aromatic carbocycles. The zero-order valence-electron chi connectivity index (χ0n) is 11.9. The van der Waals surface area contributed by atoms with E-state index in [1.165, 1.54) is 6.33 Å². The SMILES string of the molecule is CCCc1c(NC)ncnc1Nc1cc(Br)ccc1C#N. The Bertz CT molecular complexity index is 678. The van der Waals surface area contributed by atoms with Crippen LogP contribution in [0.5, 0.6) is 0 Å². The number of nitrogens with zero attached hydrogens (tertiary/aromatic N) is 3. The van der Waals surface area contributed by atoms with E-state index in [0.29, 0.717) is 5.56 Å². The molecule has 0 spiro atoms. The van der Waals surface area contributed by atoms with Gasteiger partial charge in [-0.2, -0.15) is 5.26 Å². The number of aromatic nitrogens is 2. The van der Waals surface area contributed by atoms with Crippen LogP contribution in [0.1, 0.15) is 24.5 Å². The maximum absolute atomic E-state index is 9.21. The van der Waals surface area contributed by atoms with Gasteiger partial charge in [-0.05, 0) is 24.6 Å². The van der Waals surface area contributed by atoms with Gasteiger partial charge in [-0.15, -0.1) is 0 Å². The van der Waals surface area contributed by atoms with E-state index in [-0.39, 0.29) is 0 Å². The van der Waals surface area contributed by atoms with Crippen molar-refractivity contribution in [3.8, 4) is 6.07 Å². The van der Waals surface area contributed by atoms with Gasteiger partial charge < -0.3 is 10.6 Å². The van der Waals surface area contributed by atoms with E-state index in [0.717, 1.165) is 40.2 Å². The normalized spacial score (nSPS) is 10.0. The standard InChI is InChI=1S/C15H16BrN5/c1-3-4-12-14(18-2)19-9-20-15(12)21-13-7-11(16)6-5-10(13)8-17/h5-7,9H,3-4H2,1-2H3,(H2,18,19,20,21). The van der Waals surface area contributed by atoms with Crippen molar-refractivity contribution in [3.63, 3.8) is 0 Å². The van der Waals surface area contributed by atoms with Gasteiger partial charge >= 0.3 is 0 Å². The molecule has 0 fully saturated rings. The van der Waals surface area contributed by atoms with Crippen molar-refractivity contribution < 1.29 is 0 Å². The second kappa shape index (κ2) is 7.04. The van der Waals surface area contributed by atoms with Crippen molar-refractivity contribution >= 4 is 33.3 Å². The third-order valence-electron chi connectivity index (χ3n) is 3.04. The molecular weight excluding hydrogens is 330 g/mol. The smallest absolute Gasteiger partial charge is 0.139 e. The molecule has 0 radical (unpaired) electrons. The van der Waals surface area contributed by atoms with Crippen LogP contribution in [0.3, 0.4) is 0 Å². The number of anilines is 3. The molecule has 2 N–H and O–H groups in total. The fraction of sp³-hybridized carbons (Fsp3) is 0.267. The van der Waals surface area contributed by atoms with Crippen LogP contribution in [-0.2, 0) is 6.42 Å². The molecule has 0 saturated carbocycles. The molecule has 0 saturated heterocycles. The summed E-state index contributed by atoms with van der Waals surface area (Å²) in [5, 5.41) is 15.5. The second-order valence-corrected chi connectivity index (χ2v) is 5.39. The number of benzene rings is 1. The first kappa shape index (κ1) is 15.3. The lowest BCUT2D eigenvalue weighted by Crippen LogP contribution is -2.06. The van der Waals surface area contributed by atoms with Gasteiger partial charge in [0.1, 0.15) is 24.0 Å². The average Bonchev–Trinajstić information content (AvgIpc) is 2.49. The molecule has 0 aliphatic rings. The Kier molecular flexibility index (Phi) is 5.12. The summed E-state index contributed by atoms with van der Waals surface area (Å²) in [7, 11) is 1.84. The quantitative estimate of drug-likeness (QED) is 0.860. The molecule has 2 aromatic rings. The highest BCUT2D eigenvalue weighted by Crippen LogP contribution is 2.28. The van der Waals surface area contributed by atoms with Crippen molar-refractivity contribution in [1.82, 2.24) is 9.97 Å². The summed E-state index contributed by atoms with van der Waals surface area (Å²) in [5.74, 6) is 1.54. The van der Waals surface area contributed by atoms with E-state index in [1.54, 1.807) is 6.07 Å². The zero-order valence-corrected chi connectivity index (χ0v) is 13.5. The number of nitrogens with one attached hydrogen (secondary N) is 2. The Morgan fingerprint density at radius 3 is 2.71 bits per heavy atom. The van der Waals surface area contributed by atoms with Crippen molar-refractivity contribution in [2.75, 3.05) is 17.7 Å². The number of hydrogen-bond acceptors (Lipinski definition) is 5. The first-order chi connectivity index (χ1) is 10.2. The van der Waals surface area contributed by atoms with E-state index in [1.807, 2.05) is 19.2 Å². The lowest BCUT2D eigenvalue weighted by Gasteiger charge is -2.14. The molecule has 0 bridgehead atoms. The van der Waals surface area contributed by atoms with E-state index >= 15 is 0 Å². The molecule has 5 nitrogen and oxygen atoms in total. The number of hydrogen-bond donors (Lipinski definition) is 2. The first-order valence-electron chi connectivity index (χ1n) is 6.67. The Morgan fingerprint density at radius 2 is 2.05 bits per heavy atom. The fourth-order valence-electron chi connectivity index (χ4n) is 2.07. The van der Waals surface area contributed by atoms with Crippen LogP contribution >= 0.6 is 15.9 Å². The molecule has 2 rings (SSSR count). The fourth-order valence-corrected chi connectivity index (χ4v) is 2.43. The van der Waals surface area contributed by atoms with Gasteiger partial charge in [-0.3, -0.25) is 0 Å². The molecule has 1 heterocycles. The van der Waals surface area contributed by atoms with Gasteiger partial charge in [0, 0.05) is 17.1 Å². The first-order valence-corrected chi connectivity index (χ1v) is 7.47. The van der Waals surface area contributed by atoms with Gasteiger partial charge in [0.15, 0.2) is 0 Å². The van der Waals surface area contributed by atoms with Crippen LogP contribution in [0.2, 0.25) is 0 Å². The van der Waals surface area contributed by atoms with Crippen LogP contribution in [0, 0.1) is 11.3 Å². The predicted octanol–water partition coefficient (Wildman–Crippen LogP) is 3.85. The molecule has 21 heavy (non-hydrogen) atoms. The molecule has 0 atom stereocenters. The largest absolute Gasteiger partial charge is 0.373 e. The van der Waals surface area contributed by atoms with Crippen LogP contribution < -0.4 is 10.6 Å². The highest BCUT2D eigenvalue weighted by atomic mass is 79.9. The number of rotatable bonds is 5. The van der Waals surface area contributed by atoms with E-state index in [9.17, 15) is 5.26 Å². The third-order valence-corrected chi connectivity index (χ3v) is 3.53. The predicted molar refractivity (Wildman–Crippen MR) is 87.7 cm³/mol. The van der Waals surface area contributed by atoms with E-state index in [4.69, 9.17) is 0 Å². The summed E-state index contributed by atoms with van der Waals surface area (Å²) in [4.78, 5) is 8.56. The highest BCUT2D eigenvalue weighted by molar-refractivity contribution is 9.10. The Balaban J connectivity index is 2.44. The number of nitriles is 1. The van der Waals surface area contributed by atoms with Gasteiger partial charge in [-0.25, -0.2) is 9.97 Å². The van der Waals surface area contributed by atoms with Crippen LogP contribution in [-0.4, -0.2) is 17.0 Å². The Hall–Kier alpha value is -2.13. The zero-order chi connectivity index (χ0) is 15.2. The highest BCUT2D eigenvalue weighted by Gasteiger charge is 2.12. The topological polar surface area (TPSA) is 73.6 Å². The van der Waals surface area contributed by atoms with Gasteiger partial charge in [0.25, 0.3) is 0 Å². The van der Waals surface area contributed by atoms with Crippen molar-refractivity contribution in [1.29, 1.82) is 5.26 Å². The molecule has 0 aliphatic heterocycles. The summed E-state index contributed by atoms with van der Waals surface area (Å²) >= 11 is 3.42. The third kappa shape index (κ3) is 3.50. The van der Waals surface area contributed by atoms with Crippen LogP contribution in [0.15, 0.2) is 29.0 Å². The molecule has 0 amide bonds. The Morgan fingerprint density at radius 1 is 1.29 bits per heavy atom. The molecular formula is C15H16BrN5. The molecule has 6 heteroatoms. The average molecular weight is 346 g/mol. The summed E-state index contributed by atoms with van der Waals surface area (Å²) in [6.45, 7) is 2.11. The van der Waals surface area contributed by atoms with Gasteiger partial charge in [-0.1, -0.05) is 29.3 Å². The van der Waals surface area contributed by atoms with Crippen LogP contribution in [0.4, 0.5) is 17.3 Å². The molecule has 108 valence electrons. The number of halogens is 1. The van der Waals surface area contributed by atoms with E-state index in [2.05, 4.69) is 49.5 Å². The maximum Gasteiger partial charge on any atom is 0.139 e. The lowest BCUT2D eigenvalue weighted by molar-refractivity contribution is 0.905. The van der Waals surface area contributed by atoms with Gasteiger partial charge in [0.05, 0.1) is 11.3 Å². The van der Waals surface area contributed by atoms with Crippen molar-refractivity contribution in [2.24, 2.45) is 0 Å². The minimum atomic E-state index is 0.574. The van der Waals surface area contributed by atoms with E-state index < -0.39 is 0 Å². The Labute approximate surface area is 132 Å². The summed E-state index contributed by atoms with van der Waals surface area (Å²) in [6.07, 6.45) is 3.35. The molecule has 0 unspecified atom stereocenters. The molecule has 1 aromatic heterocycles. The monoisotopic (exact) mass is 345 g/mol. The van der Waals surface area contributed by atoms with Gasteiger partial charge in [0.2, 0.25) is 0 Å². The van der Waals surface area contributed by atoms with Crippen molar-refractivity contribution in [3.05, 3.63) is 40.1 Å². The minimum Gasteiger partial charge on any atom is -0.373 e. The second-order valence-electron chi connectivity index (χ2n) is 4.48. The molecule has 0 aliphatic carbocycles. The van der Waals surface area contributed by atoms with Crippen molar-refractivity contribution in [2.45, 2.75) is 19.8 Å². The summed E-state index contributed by atoms with van der Waals surface area (Å²) < 4.78 is 0.906. The minimum absolute atomic E-state index is 0.574. The van der Waals surface area contributed by atoms with Crippen LogP contribution in [0.25, 0.3) is 0 Å². The lowest BCUT2D eigenvalue weighted by atomic mass is 10.1. The summed E-state index contributed by atoms with van der Waals surface area (Å²) in [5.41, 5.74) is 2.32.